The van der Waals surface area contributed by atoms with E-state index in [2.05, 4.69) is 9.97 Å². The Morgan fingerprint density at radius 2 is 1.81 bits per heavy atom. The summed E-state index contributed by atoms with van der Waals surface area (Å²) in [6, 6.07) is 6.54. The summed E-state index contributed by atoms with van der Waals surface area (Å²) in [5.41, 5.74) is 1.00. The third kappa shape index (κ3) is 2.38. The molecule has 0 atom stereocenters. The summed E-state index contributed by atoms with van der Waals surface area (Å²) < 4.78 is 0. The molecule has 0 fully saturated rings. The molecule has 5 heteroatoms. The van der Waals surface area contributed by atoms with Crippen LogP contribution < -0.4 is 0 Å². The zero-order chi connectivity index (χ0) is 11.5. The highest BCUT2D eigenvalue weighted by Crippen LogP contribution is 2.24. The SMILES string of the molecule is O=Cc1ccnc(-c2cc(Cl)cc(Cl)c2)n1. The van der Waals surface area contributed by atoms with Crippen molar-refractivity contribution in [2.75, 3.05) is 0 Å². The Morgan fingerprint density at radius 3 is 2.44 bits per heavy atom. The van der Waals surface area contributed by atoms with Crippen molar-refractivity contribution in [1.29, 1.82) is 0 Å². The third-order valence-corrected chi connectivity index (χ3v) is 2.36. The normalized spacial score (nSPS) is 10.1. The highest BCUT2D eigenvalue weighted by Gasteiger charge is 2.04. The van der Waals surface area contributed by atoms with E-state index in [4.69, 9.17) is 23.2 Å². The Morgan fingerprint density at radius 1 is 1.12 bits per heavy atom. The van der Waals surface area contributed by atoms with Crippen molar-refractivity contribution < 1.29 is 4.79 Å². The number of hydrogen-bond acceptors (Lipinski definition) is 3. The van der Waals surface area contributed by atoms with Gasteiger partial charge >= 0.3 is 0 Å². The van der Waals surface area contributed by atoms with Crippen LogP contribution in [0, 0.1) is 0 Å². The fourth-order valence-electron chi connectivity index (χ4n) is 1.26. The molecule has 0 N–H and O–H groups in total. The first-order chi connectivity index (χ1) is 7.69. The maximum absolute atomic E-state index is 10.6. The number of carbonyl (C=O) groups is 1. The fraction of sp³-hybridized carbons (Fsp3) is 0. The highest BCUT2D eigenvalue weighted by molar-refractivity contribution is 6.35. The number of halogens is 2. The van der Waals surface area contributed by atoms with Gasteiger partial charge < -0.3 is 0 Å². The lowest BCUT2D eigenvalue weighted by Gasteiger charge is -2.02. The van der Waals surface area contributed by atoms with Crippen molar-refractivity contribution in [1.82, 2.24) is 9.97 Å². The molecule has 1 aromatic carbocycles. The molecule has 1 aromatic heterocycles. The molecule has 0 aliphatic heterocycles. The summed E-state index contributed by atoms with van der Waals surface area (Å²) in [6.45, 7) is 0. The van der Waals surface area contributed by atoms with Gasteiger partial charge in [-0.2, -0.15) is 0 Å². The van der Waals surface area contributed by atoms with Gasteiger partial charge in [0, 0.05) is 21.8 Å². The van der Waals surface area contributed by atoms with Gasteiger partial charge in [0.1, 0.15) is 5.69 Å². The Labute approximate surface area is 102 Å². The first-order valence-corrected chi connectivity index (χ1v) is 5.19. The second kappa shape index (κ2) is 4.60. The van der Waals surface area contributed by atoms with Gasteiger partial charge in [0.15, 0.2) is 12.1 Å². The monoisotopic (exact) mass is 252 g/mol. The van der Waals surface area contributed by atoms with Crippen LogP contribution in [0.15, 0.2) is 30.5 Å². The number of hydrogen-bond donors (Lipinski definition) is 0. The van der Waals surface area contributed by atoms with E-state index in [0.29, 0.717) is 33.4 Å². The van der Waals surface area contributed by atoms with Crippen molar-refractivity contribution in [2.45, 2.75) is 0 Å². The molecule has 0 amide bonds. The van der Waals surface area contributed by atoms with Crippen LogP contribution in [-0.4, -0.2) is 16.3 Å². The van der Waals surface area contributed by atoms with E-state index >= 15 is 0 Å². The lowest BCUT2D eigenvalue weighted by molar-refractivity contribution is 0.111. The molecule has 0 aliphatic rings. The maximum Gasteiger partial charge on any atom is 0.168 e. The molecular formula is C11H6Cl2N2O. The van der Waals surface area contributed by atoms with Crippen molar-refractivity contribution >= 4 is 29.5 Å². The van der Waals surface area contributed by atoms with E-state index in [1.54, 1.807) is 18.2 Å². The predicted molar refractivity (Wildman–Crippen MR) is 62.9 cm³/mol. The third-order valence-electron chi connectivity index (χ3n) is 1.92. The quantitative estimate of drug-likeness (QED) is 0.771. The van der Waals surface area contributed by atoms with Gasteiger partial charge in [-0.3, -0.25) is 4.79 Å². The minimum Gasteiger partial charge on any atom is -0.296 e. The van der Waals surface area contributed by atoms with Crippen LogP contribution >= 0.6 is 23.2 Å². The van der Waals surface area contributed by atoms with Crippen LogP contribution in [0.3, 0.4) is 0 Å². The van der Waals surface area contributed by atoms with Crippen molar-refractivity contribution in [2.24, 2.45) is 0 Å². The molecule has 0 saturated heterocycles. The second-order valence-corrected chi connectivity index (χ2v) is 3.95. The summed E-state index contributed by atoms with van der Waals surface area (Å²) in [7, 11) is 0. The van der Waals surface area contributed by atoms with Gasteiger partial charge in [-0.05, 0) is 24.3 Å². The maximum atomic E-state index is 10.6. The van der Waals surface area contributed by atoms with Gasteiger partial charge in [0.2, 0.25) is 0 Å². The van der Waals surface area contributed by atoms with Crippen LogP contribution in [-0.2, 0) is 0 Å². The van der Waals surface area contributed by atoms with Crippen LogP contribution in [0.25, 0.3) is 11.4 Å². The van der Waals surface area contributed by atoms with Crippen molar-refractivity contribution in [3.8, 4) is 11.4 Å². The lowest BCUT2D eigenvalue weighted by Crippen LogP contribution is -1.93. The lowest BCUT2D eigenvalue weighted by atomic mass is 10.2. The molecule has 80 valence electrons. The number of carbonyl (C=O) groups excluding carboxylic acids is 1. The van der Waals surface area contributed by atoms with Gasteiger partial charge in [-0.15, -0.1) is 0 Å². The van der Waals surface area contributed by atoms with Gasteiger partial charge in [-0.25, -0.2) is 9.97 Å². The number of nitrogens with zero attached hydrogens (tertiary/aromatic N) is 2. The molecule has 0 saturated carbocycles. The molecule has 0 spiro atoms. The summed E-state index contributed by atoms with van der Waals surface area (Å²) in [6.07, 6.45) is 2.18. The van der Waals surface area contributed by atoms with Gasteiger partial charge in [0.25, 0.3) is 0 Å². The van der Waals surface area contributed by atoms with Gasteiger partial charge in [-0.1, -0.05) is 23.2 Å². The van der Waals surface area contributed by atoms with Crippen molar-refractivity contribution in [3.05, 3.63) is 46.2 Å². The molecule has 3 nitrogen and oxygen atoms in total. The van der Waals surface area contributed by atoms with Gasteiger partial charge in [0.05, 0.1) is 0 Å². The van der Waals surface area contributed by atoms with Crippen LogP contribution in [0.5, 0.6) is 0 Å². The molecule has 0 aliphatic carbocycles. The molecule has 2 rings (SSSR count). The number of benzene rings is 1. The predicted octanol–water partition coefficient (Wildman–Crippen LogP) is 3.26. The standard InChI is InChI=1S/C11H6Cl2N2O/c12-8-3-7(4-9(13)5-8)11-14-2-1-10(6-16)15-11/h1-6H. The van der Waals surface area contributed by atoms with E-state index < -0.39 is 0 Å². The largest absolute Gasteiger partial charge is 0.296 e. The second-order valence-electron chi connectivity index (χ2n) is 3.08. The minimum atomic E-state index is 0.320. The number of rotatable bonds is 2. The average molecular weight is 253 g/mol. The summed E-state index contributed by atoms with van der Waals surface area (Å²) in [5.74, 6) is 0.425. The Hall–Kier alpha value is -1.45. The molecule has 1 heterocycles. The molecule has 2 aromatic rings. The Bertz CT molecular complexity index is 523. The Balaban J connectivity index is 2.53. The molecule has 16 heavy (non-hydrogen) atoms. The van der Waals surface area contributed by atoms with E-state index in [0.717, 1.165) is 0 Å². The molecule has 0 bridgehead atoms. The molecule has 0 radical (unpaired) electrons. The minimum absolute atomic E-state index is 0.320. The van der Waals surface area contributed by atoms with E-state index in [1.807, 2.05) is 0 Å². The van der Waals surface area contributed by atoms with E-state index in [-0.39, 0.29) is 0 Å². The smallest absolute Gasteiger partial charge is 0.168 e. The summed E-state index contributed by atoms with van der Waals surface area (Å²) >= 11 is 11.7. The van der Waals surface area contributed by atoms with Crippen LogP contribution in [0.1, 0.15) is 10.5 Å². The molecule has 0 unspecified atom stereocenters. The van der Waals surface area contributed by atoms with Crippen LogP contribution in [0.2, 0.25) is 10.0 Å². The van der Waals surface area contributed by atoms with E-state index in [9.17, 15) is 4.79 Å². The highest BCUT2D eigenvalue weighted by atomic mass is 35.5. The summed E-state index contributed by atoms with van der Waals surface area (Å²) in [5, 5.41) is 1.00. The summed E-state index contributed by atoms with van der Waals surface area (Å²) in [4.78, 5) is 18.7. The first kappa shape index (κ1) is 11.0. The zero-order valence-corrected chi connectivity index (χ0v) is 9.53. The average Bonchev–Trinajstić information content (AvgIpc) is 2.28. The number of aromatic nitrogens is 2. The first-order valence-electron chi connectivity index (χ1n) is 4.44. The van der Waals surface area contributed by atoms with Crippen LogP contribution in [0.4, 0.5) is 0 Å². The zero-order valence-electron chi connectivity index (χ0n) is 8.02. The topological polar surface area (TPSA) is 42.9 Å². The van der Waals surface area contributed by atoms with E-state index in [1.165, 1.54) is 12.3 Å². The Kier molecular flexibility index (Phi) is 3.17. The van der Waals surface area contributed by atoms with Crippen molar-refractivity contribution in [3.63, 3.8) is 0 Å². The number of aldehydes is 1. The molecular weight excluding hydrogens is 247 g/mol. The fourth-order valence-corrected chi connectivity index (χ4v) is 1.79.